The molecule has 0 saturated carbocycles. The SMILES string of the molecule is N#Cc1cccc(-c2cc(O)cc(C(=O)O)c2)c1. The maximum absolute atomic E-state index is 10.9. The number of carboxylic acids is 1. The third-order valence-corrected chi connectivity index (χ3v) is 2.49. The highest BCUT2D eigenvalue weighted by Crippen LogP contribution is 2.26. The van der Waals surface area contributed by atoms with Crippen molar-refractivity contribution < 1.29 is 15.0 Å². The van der Waals surface area contributed by atoms with Crippen LogP contribution in [0.1, 0.15) is 15.9 Å². The van der Waals surface area contributed by atoms with Crippen molar-refractivity contribution in [2.24, 2.45) is 0 Å². The molecule has 0 aliphatic carbocycles. The Morgan fingerprint density at radius 1 is 1.11 bits per heavy atom. The third kappa shape index (κ3) is 2.30. The lowest BCUT2D eigenvalue weighted by Gasteiger charge is -2.05. The van der Waals surface area contributed by atoms with Gasteiger partial charge in [-0.25, -0.2) is 4.79 Å². The van der Waals surface area contributed by atoms with E-state index in [1.54, 1.807) is 24.3 Å². The topological polar surface area (TPSA) is 81.3 Å². The fourth-order valence-corrected chi connectivity index (χ4v) is 1.67. The number of nitriles is 1. The number of benzene rings is 2. The number of aromatic carboxylic acids is 1. The number of phenolic OH excluding ortho intramolecular Hbond substituents is 1. The van der Waals surface area contributed by atoms with Gasteiger partial charge in [0.25, 0.3) is 0 Å². The molecule has 18 heavy (non-hydrogen) atoms. The minimum atomic E-state index is -1.11. The lowest BCUT2D eigenvalue weighted by molar-refractivity contribution is 0.0696. The van der Waals surface area contributed by atoms with E-state index in [0.717, 1.165) is 0 Å². The van der Waals surface area contributed by atoms with E-state index in [4.69, 9.17) is 10.4 Å². The van der Waals surface area contributed by atoms with Crippen molar-refractivity contribution in [3.63, 3.8) is 0 Å². The lowest BCUT2D eigenvalue weighted by atomic mass is 10.0. The molecule has 2 rings (SSSR count). The van der Waals surface area contributed by atoms with Crippen LogP contribution in [-0.4, -0.2) is 16.2 Å². The van der Waals surface area contributed by atoms with E-state index < -0.39 is 5.97 Å². The Labute approximate surface area is 103 Å². The number of carbonyl (C=O) groups is 1. The number of aromatic hydroxyl groups is 1. The Bertz CT molecular complexity index is 656. The maximum atomic E-state index is 10.9. The zero-order chi connectivity index (χ0) is 13.1. The van der Waals surface area contributed by atoms with Crippen molar-refractivity contribution in [1.82, 2.24) is 0 Å². The van der Waals surface area contributed by atoms with Crippen LogP contribution in [-0.2, 0) is 0 Å². The van der Waals surface area contributed by atoms with Gasteiger partial charge >= 0.3 is 5.97 Å². The van der Waals surface area contributed by atoms with Crippen molar-refractivity contribution in [3.05, 3.63) is 53.6 Å². The van der Waals surface area contributed by atoms with Crippen molar-refractivity contribution in [1.29, 1.82) is 5.26 Å². The van der Waals surface area contributed by atoms with Crippen molar-refractivity contribution >= 4 is 5.97 Å². The molecule has 0 bridgehead atoms. The Kier molecular flexibility index (Phi) is 2.98. The fourth-order valence-electron chi connectivity index (χ4n) is 1.67. The molecule has 4 heteroatoms. The highest BCUT2D eigenvalue weighted by Gasteiger charge is 2.08. The molecule has 2 aromatic carbocycles. The first-order valence-electron chi connectivity index (χ1n) is 5.18. The number of nitrogens with zero attached hydrogens (tertiary/aromatic N) is 1. The summed E-state index contributed by atoms with van der Waals surface area (Å²) in [7, 11) is 0. The first-order chi connectivity index (χ1) is 8.60. The van der Waals surface area contributed by atoms with E-state index in [-0.39, 0.29) is 11.3 Å². The van der Waals surface area contributed by atoms with E-state index in [1.165, 1.54) is 18.2 Å². The van der Waals surface area contributed by atoms with Gasteiger partial charge in [-0.2, -0.15) is 5.26 Å². The molecule has 0 saturated heterocycles. The summed E-state index contributed by atoms with van der Waals surface area (Å²) in [5.74, 6) is -1.23. The molecule has 0 aliphatic rings. The summed E-state index contributed by atoms with van der Waals surface area (Å²) in [4.78, 5) is 10.9. The normalized spacial score (nSPS) is 9.72. The molecule has 2 N–H and O–H groups in total. The number of phenols is 1. The summed E-state index contributed by atoms with van der Waals surface area (Å²) >= 11 is 0. The molecule has 88 valence electrons. The molecule has 4 nitrogen and oxygen atoms in total. The average molecular weight is 239 g/mol. The largest absolute Gasteiger partial charge is 0.508 e. The van der Waals surface area contributed by atoms with Crippen LogP contribution in [0.2, 0.25) is 0 Å². The summed E-state index contributed by atoms with van der Waals surface area (Å²) in [5.41, 5.74) is 1.73. The maximum Gasteiger partial charge on any atom is 0.335 e. The first-order valence-corrected chi connectivity index (χ1v) is 5.18. The predicted molar refractivity (Wildman–Crippen MR) is 65.2 cm³/mol. The molecule has 0 aromatic heterocycles. The van der Waals surface area contributed by atoms with Gasteiger partial charge < -0.3 is 10.2 Å². The van der Waals surface area contributed by atoms with Gasteiger partial charge in [-0.15, -0.1) is 0 Å². The number of rotatable bonds is 2. The molecule has 0 spiro atoms. The highest BCUT2D eigenvalue weighted by molar-refractivity contribution is 5.90. The van der Waals surface area contributed by atoms with Crippen molar-refractivity contribution in [2.45, 2.75) is 0 Å². The van der Waals surface area contributed by atoms with Gasteiger partial charge in [-0.3, -0.25) is 0 Å². The Morgan fingerprint density at radius 3 is 2.56 bits per heavy atom. The van der Waals surface area contributed by atoms with Gasteiger partial charge in [-0.1, -0.05) is 12.1 Å². The molecule has 0 radical (unpaired) electrons. The lowest BCUT2D eigenvalue weighted by Crippen LogP contribution is -1.96. The molecule has 0 unspecified atom stereocenters. The van der Waals surface area contributed by atoms with Crippen molar-refractivity contribution in [3.8, 4) is 22.9 Å². The van der Waals surface area contributed by atoms with Gasteiger partial charge in [0.1, 0.15) is 5.75 Å². The van der Waals surface area contributed by atoms with Gasteiger partial charge in [0, 0.05) is 0 Å². The van der Waals surface area contributed by atoms with Crippen LogP contribution in [0.25, 0.3) is 11.1 Å². The average Bonchev–Trinajstić information content (AvgIpc) is 2.38. The summed E-state index contributed by atoms with van der Waals surface area (Å²) < 4.78 is 0. The van der Waals surface area contributed by atoms with Crippen LogP contribution in [0.15, 0.2) is 42.5 Å². The van der Waals surface area contributed by atoms with E-state index >= 15 is 0 Å². The van der Waals surface area contributed by atoms with Crippen LogP contribution in [0.5, 0.6) is 5.75 Å². The second kappa shape index (κ2) is 4.60. The molecule has 0 heterocycles. The fraction of sp³-hybridized carbons (Fsp3) is 0. The van der Waals surface area contributed by atoms with Crippen LogP contribution < -0.4 is 0 Å². The summed E-state index contributed by atoms with van der Waals surface area (Å²) in [6, 6.07) is 12.9. The van der Waals surface area contributed by atoms with Crippen LogP contribution in [0.3, 0.4) is 0 Å². The van der Waals surface area contributed by atoms with E-state index in [0.29, 0.717) is 16.7 Å². The second-order valence-electron chi connectivity index (χ2n) is 3.77. The van der Waals surface area contributed by atoms with Gasteiger partial charge in [-0.05, 0) is 41.5 Å². The van der Waals surface area contributed by atoms with Crippen LogP contribution in [0, 0.1) is 11.3 Å². The van der Waals surface area contributed by atoms with Gasteiger partial charge in [0.15, 0.2) is 0 Å². The first kappa shape index (κ1) is 11.7. The van der Waals surface area contributed by atoms with Crippen LogP contribution in [0.4, 0.5) is 0 Å². The Balaban J connectivity index is 2.57. The number of carboxylic acid groups (broad SMARTS) is 1. The number of hydrogen-bond donors (Lipinski definition) is 2. The van der Waals surface area contributed by atoms with E-state index in [1.807, 2.05) is 6.07 Å². The minimum Gasteiger partial charge on any atom is -0.508 e. The Hall–Kier alpha value is -2.80. The third-order valence-electron chi connectivity index (χ3n) is 2.49. The second-order valence-corrected chi connectivity index (χ2v) is 3.77. The molecule has 0 amide bonds. The monoisotopic (exact) mass is 239 g/mol. The highest BCUT2D eigenvalue weighted by atomic mass is 16.4. The molecular formula is C14H9NO3. The molecule has 0 fully saturated rings. The van der Waals surface area contributed by atoms with E-state index in [9.17, 15) is 9.90 Å². The molecule has 0 aliphatic heterocycles. The van der Waals surface area contributed by atoms with Gasteiger partial charge in [0.05, 0.1) is 17.2 Å². The zero-order valence-electron chi connectivity index (χ0n) is 9.29. The zero-order valence-corrected chi connectivity index (χ0v) is 9.29. The van der Waals surface area contributed by atoms with Gasteiger partial charge in [0.2, 0.25) is 0 Å². The minimum absolute atomic E-state index is 0.00682. The molecule has 2 aromatic rings. The molecule has 0 atom stereocenters. The summed E-state index contributed by atoms with van der Waals surface area (Å²) in [6.45, 7) is 0. The van der Waals surface area contributed by atoms with Crippen LogP contribution >= 0.6 is 0 Å². The standard InChI is InChI=1S/C14H9NO3/c15-8-9-2-1-3-10(4-9)11-5-12(14(17)18)7-13(16)6-11/h1-7,16H,(H,17,18). The molecular weight excluding hydrogens is 230 g/mol. The number of hydrogen-bond acceptors (Lipinski definition) is 3. The summed E-state index contributed by atoms with van der Waals surface area (Å²) in [6.07, 6.45) is 0. The summed E-state index contributed by atoms with van der Waals surface area (Å²) in [5, 5.41) is 27.2. The van der Waals surface area contributed by atoms with Crippen molar-refractivity contribution in [2.75, 3.05) is 0 Å². The Morgan fingerprint density at radius 2 is 1.89 bits per heavy atom. The predicted octanol–water partition coefficient (Wildman–Crippen LogP) is 2.63. The van der Waals surface area contributed by atoms with E-state index in [2.05, 4.69) is 0 Å². The quantitative estimate of drug-likeness (QED) is 0.844. The smallest absolute Gasteiger partial charge is 0.335 e.